The van der Waals surface area contributed by atoms with Crippen LogP contribution in [0.2, 0.25) is 0 Å². The van der Waals surface area contributed by atoms with Crippen LogP contribution in [-0.4, -0.2) is 29.8 Å². The number of carboxylic acid groups (broad SMARTS) is 1. The number of carbonyl (C=O) groups is 2. The predicted octanol–water partition coefficient (Wildman–Crippen LogP) is 3.64. The lowest BCUT2D eigenvalue weighted by molar-refractivity contribution is -0.139. The highest BCUT2D eigenvalue weighted by atomic mass is 32.2. The smallest absolute Gasteiger partial charge is 0.330 e. The van der Waals surface area contributed by atoms with Crippen molar-refractivity contribution in [2.75, 3.05) is 12.9 Å². The maximum atomic E-state index is 13.8. The third kappa shape index (κ3) is 4.98. The maximum absolute atomic E-state index is 13.8. The van der Waals surface area contributed by atoms with Gasteiger partial charge in [0.05, 0.1) is 7.11 Å². The van der Waals surface area contributed by atoms with Crippen molar-refractivity contribution >= 4 is 23.6 Å². The molecule has 0 spiro atoms. The summed E-state index contributed by atoms with van der Waals surface area (Å²) in [5.41, 5.74) is 1.55. The lowest BCUT2D eigenvalue weighted by Crippen LogP contribution is -2.33. The van der Waals surface area contributed by atoms with Crippen molar-refractivity contribution in [1.29, 1.82) is 0 Å². The zero-order valence-corrected chi connectivity index (χ0v) is 15.3. The van der Waals surface area contributed by atoms with Crippen LogP contribution in [0.1, 0.15) is 34.5 Å². The summed E-state index contributed by atoms with van der Waals surface area (Å²) in [6.45, 7) is 2.07. The summed E-state index contributed by atoms with van der Waals surface area (Å²) in [7, 11) is 1.32. The first kappa shape index (κ1) is 19.8. The zero-order valence-electron chi connectivity index (χ0n) is 14.5. The molecule has 0 saturated heterocycles. The highest BCUT2D eigenvalue weighted by Gasteiger charge is 2.24. The summed E-state index contributed by atoms with van der Waals surface area (Å²) in [6.07, 6.45) is 0. The number of amides is 1. The number of hydrogen-bond acceptors (Lipinski definition) is 4. The van der Waals surface area contributed by atoms with Gasteiger partial charge in [-0.25, -0.2) is 9.18 Å². The Kier molecular flexibility index (Phi) is 7.03. The molecule has 0 aliphatic carbocycles. The van der Waals surface area contributed by atoms with Crippen LogP contribution in [0.5, 0.6) is 5.75 Å². The van der Waals surface area contributed by atoms with E-state index in [-0.39, 0.29) is 11.3 Å². The highest BCUT2D eigenvalue weighted by Crippen LogP contribution is 2.22. The fourth-order valence-corrected chi connectivity index (χ4v) is 2.97. The van der Waals surface area contributed by atoms with Gasteiger partial charge < -0.3 is 15.2 Å². The van der Waals surface area contributed by atoms with E-state index in [2.05, 4.69) is 12.2 Å². The van der Waals surface area contributed by atoms with E-state index in [4.69, 9.17) is 4.74 Å². The molecule has 0 saturated carbocycles. The number of thioether (sulfide) groups is 1. The number of ether oxygens (including phenoxy) is 1. The summed E-state index contributed by atoms with van der Waals surface area (Å²) in [4.78, 5) is 23.9. The fraction of sp³-hybridized carbons (Fsp3) is 0.263. The first-order valence-corrected chi connectivity index (χ1v) is 9.15. The molecule has 2 aromatic carbocycles. The predicted molar refractivity (Wildman–Crippen MR) is 99.1 cm³/mol. The van der Waals surface area contributed by atoms with Crippen molar-refractivity contribution in [2.45, 2.75) is 18.7 Å². The summed E-state index contributed by atoms with van der Waals surface area (Å²) in [5, 5.41) is 11.8. The largest absolute Gasteiger partial charge is 0.494 e. The van der Waals surface area contributed by atoms with E-state index in [1.165, 1.54) is 19.2 Å². The van der Waals surface area contributed by atoms with Crippen molar-refractivity contribution in [2.24, 2.45) is 0 Å². The van der Waals surface area contributed by atoms with E-state index in [1.807, 2.05) is 12.1 Å². The van der Waals surface area contributed by atoms with Gasteiger partial charge in [0, 0.05) is 11.3 Å². The Morgan fingerprint density at radius 3 is 2.46 bits per heavy atom. The average molecular weight is 377 g/mol. The SMILES string of the molecule is CCSCc1ccc(C(=O)NC(C(=O)O)c2ccc(OC)c(F)c2)cc1. The molecule has 0 aliphatic heterocycles. The monoisotopic (exact) mass is 377 g/mol. The first-order valence-electron chi connectivity index (χ1n) is 8.00. The van der Waals surface area contributed by atoms with E-state index in [9.17, 15) is 19.1 Å². The average Bonchev–Trinajstić information content (AvgIpc) is 2.64. The molecule has 0 radical (unpaired) electrons. The molecule has 0 bridgehead atoms. The van der Waals surface area contributed by atoms with Crippen molar-refractivity contribution in [3.63, 3.8) is 0 Å². The number of carbonyl (C=O) groups excluding carboxylic acids is 1. The molecule has 1 atom stereocenters. The molecule has 2 N–H and O–H groups in total. The van der Waals surface area contributed by atoms with Gasteiger partial charge in [-0.1, -0.05) is 25.1 Å². The molecule has 7 heteroatoms. The number of hydrogen-bond donors (Lipinski definition) is 2. The van der Waals surface area contributed by atoms with Gasteiger partial charge in [-0.05, 0) is 41.1 Å². The van der Waals surface area contributed by atoms with Crippen LogP contribution in [0.15, 0.2) is 42.5 Å². The van der Waals surface area contributed by atoms with Crippen molar-refractivity contribution in [3.05, 3.63) is 65.0 Å². The second-order valence-electron chi connectivity index (χ2n) is 5.47. The summed E-state index contributed by atoms with van der Waals surface area (Å²) in [5.74, 6) is -0.655. The Hall–Kier alpha value is -2.54. The minimum atomic E-state index is -1.36. The summed E-state index contributed by atoms with van der Waals surface area (Å²) < 4.78 is 18.7. The summed E-state index contributed by atoms with van der Waals surface area (Å²) >= 11 is 1.77. The number of benzene rings is 2. The Balaban J connectivity index is 2.15. The van der Waals surface area contributed by atoms with Crippen molar-refractivity contribution in [1.82, 2.24) is 5.32 Å². The second kappa shape index (κ2) is 9.24. The van der Waals surface area contributed by atoms with E-state index in [0.717, 1.165) is 23.1 Å². The minimum absolute atomic E-state index is 0.00440. The van der Waals surface area contributed by atoms with Gasteiger partial charge in [-0.15, -0.1) is 0 Å². The van der Waals surface area contributed by atoms with Gasteiger partial charge in [0.25, 0.3) is 5.91 Å². The molecule has 2 aromatic rings. The van der Waals surface area contributed by atoms with Crippen LogP contribution < -0.4 is 10.1 Å². The second-order valence-corrected chi connectivity index (χ2v) is 6.75. The Morgan fingerprint density at radius 2 is 1.92 bits per heavy atom. The Bertz CT molecular complexity index is 780. The van der Waals surface area contributed by atoms with Crippen LogP contribution in [0.3, 0.4) is 0 Å². The number of halogens is 1. The van der Waals surface area contributed by atoms with Crippen LogP contribution in [0.4, 0.5) is 4.39 Å². The van der Waals surface area contributed by atoms with E-state index in [0.29, 0.717) is 5.56 Å². The zero-order chi connectivity index (χ0) is 19.1. The molecule has 0 fully saturated rings. The molecule has 0 heterocycles. The normalized spacial score (nSPS) is 11.7. The number of methoxy groups -OCH3 is 1. The van der Waals surface area contributed by atoms with Gasteiger partial charge in [-0.2, -0.15) is 11.8 Å². The minimum Gasteiger partial charge on any atom is -0.494 e. The third-order valence-electron chi connectivity index (χ3n) is 3.72. The molecule has 2 rings (SSSR count). The van der Waals surface area contributed by atoms with E-state index < -0.39 is 23.7 Å². The Labute approximate surface area is 155 Å². The summed E-state index contributed by atoms with van der Waals surface area (Å²) in [6, 6.07) is 9.38. The van der Waals surface area contributed by atoms with Gasteiger partial charge in [-0.3, -0.25) is 4.79 Å². The van der Waals surface area contributed by atoms with Crippen LogP contribution in [0.25, 0.3) is 0 Å². The van der Waals surface area contributed by atoms with Crippen LogP contribution in [0, 0.1) is 5.82 Å². The standard InChI is InChI=1S/C19H20FNO4S/c1-3-26-11-12-4-6-13(7-5-12)18(22)21-17(19(23)24)14-8-9-16(25-2)15(20)10-14/h4-10,17H,3,11H2,1-2H3,(H,21,22)(H,23,24). The molecule has 0 aromatic heterocycles. The van der Waals surface area contributed by atoms with Gasteiger partial charge in [0.15, 0.2) is 17.6 Å². The van der Waals surface area contributed by atoms with E-state index >= 15 is 0 Å². The molecule has 1 amide bonds. The fourth-order valence-electron chi connectivity index (χ4n) is 2.34. The lowest BCUT2D eigenvalue weighted by Gasteiger charge is -2.16. The molecular formula is C19H20FNO4S. The molecule has 26 heavy (non-hydrogen) atoms. The molecule has 5 nitrogen and oxygen atoms in total. The lowest BCUT2D eigenvalue weighted by atomic mass is 10.1. The molecular weight excluding hydrogens is 357 g/mol. The Morgan fingerprint density at radius 1 is 1.23 bits per heavy atom. The molecule has 0 aliphatic rings. The van der Waals surface area contributed by atoms with Gasteiger partial charge >= 0.3 is 5.97 Å². The number of rotatable bonds is 8. The molecule has 138 valence electrons. The van der Waals surface area contributed by atoms with E-state index in [1.54, 1.807) is 23.9 Å². The number of aliphatic carboxylic acids is 1. The van der Waals surface area contributed by atoms with Crippen LogP contribution in [-0.2, 0) is 10.5 Å². The van der Waals surface area contributed by atoms with Gasteiger partial charge in [0.2, 0.25) is 0 Å². The number of carboxylic acids is 1. The van der Waals surface area contributed by atoms with Gasteiger partial charge in [0.1, 0.15) is 0 Å². The number of nitrogens with one attached hydrogen (secondary N) is 1. The third-order valence-corrected chi connectivity index (χ3v) is 4.67. The molecule has 1 unspecified atom stereocenters. The first-order chi connectivity index (χ1) is 12.5. The van der Waals surface area contributed by atoms with Crippen molar-refractivity contribution < 1.29 is 23.8 Å². The highest BCUT2D eigenvalue weighted by molar-refractivity contribution is 7.98. The quantitative estimate of drug-likeness (QED) is 0.735. The van der Waals surface area contributed by atoms with Crippen LogP contribution >= 0.6 is 11.8 Å². The maximum Gasteiger partial charge on any atom is 0.330 e. The van der Waals surface area contributed by atoms with Crippen molar-refractivity contribution in [3.8, 4) is 5.75 Å². The topological polar surface area (TPSA) is 75.6 Å².